The van der Waals surface area contributed by atoms with Gasteiger partial charge < -0.3 is 9.52 Å². The molecule has 0 unspecified atom stereocenters. The number of azide groups is 1. The first-order chi connectivity index (χ1) is 7.24. The normalized spacial score (nSPS) is 9.87. The molecule has 0 bridgehead atoms. The molecule has 0 amide bonds. The highest BCUT2D eigenvalue weighted by Gasteiger charge is 2.11. The smallest absolute Gasteiger partial charge is 0.349 e. The minimum atomic E-state index is -0.857. The molecule has 6 nitrogen and oxygen atoms in total. The van der Waals surface area contributed by atoms with Crippen LogP contribution in [0.25, 0.3) is 21.4 Å². The molecule has 2 aromatic rings. The van der Waals surface area contributed by atoms with Crippen LogP contribution < -0.4 is 5.63 Å². The highest BCUT2D eigenvalue weighted by atomic mass is 16.4. The number of benzene rings is 1. The number of hydrogen-bond acceptors (Lipinski definition) is 4. The molecule has 0 aliphatic heterocycles. The minimum Gasteiger partial charge on any atom is -0.506 e. The number of aromatic hydroxyl groups is 1. The molecule has 1 aromatic carbocycles. The predicted octanol–water partition coefficient (Wildman–Crippen LogP) is 2.44. The second kappa shape index (κ2) is 3.36. The summed E-state index contributed by atoms with van der Waals surface area (Å²) in [7, 11) is 0. The Labute approximate surface area is 83.0 Å². The summed E-state index contributed by atoms with van der Waals surface area (Å²) in [4.78, 5) is 13.7. The molecular formula is C9H5N3O3. The van der Waals surface area contributed by atoms with E-state index in [0.717, 1.165) is 0 Å². The zero-order valence-corrected chi connectivity index (χ0v) is 7.41. The van der Waals surface area contributed by atoms with Gasteiger partial charge in [-0.1, -0.05) is 12.1 Å². The van der Waals surface area contributed by atoms with Crippen molar-refractivity contribution in [3.63, 3.8) is 0 Å². The van der Waals surface area contributed by atoms with Crippen LogP contribution in [0.2, 0.25) is 0 Å². The molecule has 2 rings (SSSR count). The second-order valence-electron chi connectivity index (χ2n) is 2.77. The van der Waals surface area contributed by atoms with E-state index in [1.54, 1.807) is 18.2 Å². The molecule has 0 saturated carbocycles. The summed E-state index contributed by atoms with van der Waals surface area (Å²) in [5.74, 6) is -0.361. The molecule has 0 saturated heterocycles. The van der Waals surface area contributed by atoms with Crippen LogP contribution in [0.5, 0.6) is 5.75 Å². The molecular weight excluding hydrogens is 198 g/mol. The Hall–Kier alpha value is -2.46. The Morgan fingerprint density at radius 1 is 1.40 bits per heavy atom. The van der Waals surface area contributed by atoms with Gasteiger partial charge in [0, 0.05) is 4.91 Å². The molecule has 0 atom stereocenters. The summed E-state index contributed by atoms with van der Waals surface area (Å²) in [6.07, 6.45) is 0. The van der Waals surface area contributed by atoms with Crippen molar-refractivity contribution < 1.29 is 9.52 Å². The fourth-order valence-electron chi connectivity index (χ4n) is 1.26. The van der Waals surface area contributed by atoms with Crippen molar-refractivity contribution in [1.82, 2.24) is 0 Å². The minimum absolute atomic E-state index is 0.247. The molecule has 1 heterocycles. The van der Waals surface area contributed by atoms with E-state index in [0.29, 0.717) is 5.39 Å². The van der Waals surface area contributed by atoms with Crippen LogP contribution in [0, 0.1) is 0 Å². The van der Waals surface area contributed by atoms with Gasteiger partial charge in [0.15, 0.2) is 5.69 Å². The Bertz CT molecular complexity index is 626. The van der Waals surface area contributed by atoms with E-state index < -0.39 is 11.3 Å². The molecule has 15 heavy (non-hydrogen) atoms. The van der Waals surface area contributed by atoms with E-state index in [4.69, 9.17) is 9.95 Å². The summed E-state index contributed by atoms with van der Waals surface area (Å²) in [6, 6.07) is 6.43. The lowest BCUT2D eigenvalue weighted by Gasteiger charge is -2.00. The van der Waals surface area contributed by atoms with Crippen LogP contribution >= 0.6 is 0 Å². The standard InChI is InChI=1S/C9H5N3O3/c10-12-11-7-8(13)5-3-1-2-4-6(5)15-9(7)14/h1-4,13H. The Morgan fingerprint density at radius 2 is 2.13 bits per heavy atom. The molecule has 0 aliphatic carbocycles. The second-order valence-corrected chi connectivity index (χ2v) is 2.77. The fraction of sp³-hybridized carbons (Fsp3) is 0. The molecule has 0 fully saturated rings. The Balaban J connectivity index is 2.96. The SMILES string of the molecule is [N-]=[N+]=Nc1c(O)c2ccccc2oc1=O. The maximum absolute atomic E-state index is 11.3. The van der Waals surface area contributed by atoms with Gasteiger partial charge in [0.1, 0.15) is 11.3 Å². The summed E-state index contributed by atoms with van der Waals surface area (Å²) in [6.45, 7) is 0. The molecule has 1 N–H and O–H groups in total. The van der Waals surface area contributed by atoms with Gasteiger partial charge in [0.25, 0.3) is 0 Å². The number of hydrogen-bond donors (Lipinski definition) is 1. The van der Waals surface area contributed by atoms with Gasteiger partial charge in [-0.05, 0) is 22.8 Å². The lowest BCUT2D eigenvalue weighted by atomic mass is 10.2. The maximum atomic E-state index is 11.3. The van der Waals surface area contributed by atoms with Crippen molar-refractivity contribution in [2.45, 2.75) is 0 Å². The van der Waals surface area contributed by atoms with Crippen molar-refractivity contribution in [1.29, 1.82) is 0 Å². The molecule has 1 aromatic heterocycles. The van der Waals surface area contributed by atoms with Crippen LogP contribution in [-0.2, 0) is 0 Å². The van der Waals surface area contributed by atoms with Crippen molar-refractivity contribution >= 4 is 16.7 Å². The van der Waals surface area contributed by atoms with E-state index in [2.05, 4.69) is 10.0 Å². The van der Waals surface area contributed by atoms with Gasteiger partial charge in [0.2, 0.25) is 0 Å². The van der Waals surface area contributed by atoms with Crippen molar-refractivity contribution in [2.75, 3.05) is 0 Å². The van der Waals surface area contributed by atoms with Gasteiger partial charge >= 0.3 is 5.63 Å². The first kappa shape index (κ1) is 9.11. The molecule has 6 heteroatoms. The highest BCUT2D eigenvalue weighted by molar-refractivity contribution is 5.87. The summed E-state index contributed by atoms with van der Waals surface area (Å²) >= 11 is 0. The Morgan fingerprint density at radius 3 is 2.87 bits per heavy atom. The fourth-order valence-corrected chi connectivity index (χ4v) is 1.26. The van der Waals surface area contributed by atoms with E-state index in [9.17, 15) is 9.90 Å². The quantitative estimate of drug-likeness (QED) is 0.333. The summed E-state index contributed by atoms with van der Waals surface area (Å²) in [5.41, 5.74) is 7.18. The predicted molar refractivity (Wildman–Crippen MR) is 53.0 cm³/mol. The molecule has 0 radical (unpaired) electrons. The topological polar surface area (TPSA) is 99.2 Å². The largest absolute Gasteiger partial charge is 0.506 e. The third kappa shape index (κ3) is 1.38. The zero-order valence-electron chi connectivity index (χ0n) is 7.41. The van der Waals surface area contributed by atoms with Crippen LogP contribution in [0.3, 0.4) is 0 Å². The van der Waals surface area contributed by atoms with E-state index in [1.165, 1.54) is 6.07 Å². The third-order valence-electron chi connectivity index (χ3n) is 1.91. The molecule has 0 spiro atoms. The van der Waals surface area contributed by atoms with E-state index in [-0.39, 0.29) is 11.3 Å². The van der Waals surface area contributed by atoms with Gasteiger partial charge in [-0.2, -0.15) is 0 Å². The Kier molecular flexibility index (Phi) is 2.04. The van der Waals surface area contributed by atoms with Crippen molar-refractivity contribution in [3.8, 4) is 5.75 Å². The maximum Gasteiger partial charge on any atom is 0.349 e. The lowest BCUT2D eigenvalue weighted by molar-refractivity contribution is 0.470. The van der Waals surface area contributed by atoms with E-state index in [1.807, 2.05) is 0 Å². The summed E-state index contributed by atoms with van der Waals surface area (Å²) in [5, 5.41) is 13.0. The molecule has 74 valence electrons. The number of para-hydroxylation sites is 1. The van der Waals surface area contributed by atoms with Crippen molar-refractivity contribution in [3.05, 3.63) is 45.1 Å². The average molecular weight is 203 g/mol. The zero-order chi connectivity index (χ0) is 10.8. The molecule has 0 aliphatic rings. The number of fused-ring (bicyclic) bond motifs is 1. The van der Waals surface area contributed by atoms with E-state index >= 15 is 0 Å². The van der Waals surface area contributed by atoms with Crippen molar-refractivity contribution in [2.24, 2.45) is 5.11 Å². The third-order valence-corrected chi connectivity index (χ3v) is 1.91. The lowest BCUT2D eigenvalue weighted by Crippen LogP contribution is -1.97. The van der Waals surface area contributed by atoms with Gasteiger partial charge in [-0.25, -0.2) is 4.79 Å². The van der Waals surface area contributed by atoms with Crippen LogP contribution in [0.1, 0.15) is 0 Å². The first-order valence-electron chi connectivity index (χ1n) is 4.04. The highest BCUT2D eigenvalue weighted by Crippen LogP contribution is 2.30. The summed E-state index contributed by atoms with van der Waals surface area (Å²) < 4.78 is 4.85. The number of nitrogens with zero attached hydrogens (tertiary/aromatic N) is 3. The first-order valence-corrected chi connectivity index (χ1v) is 4.04. The van der Waals surface area contributed by atoms with Crippen LogP contribution in [0.15, 0.2) is 38.6 Å². The average Bonchev–Trinajstić information content (AvgIpc) is 2.24. The van der Waals surface area contributed by atoms with Crippen LogP contribution in [0.4, 0.5) is 5.69 Å². The van der Waals surface area contributed by atoms with Gasteiger partial charge in [-0.15, -0.1) is 0 Å². The van der Waals surface area contributed by atoms with Gasteiger partial charge in [-0.3, -0.25) is 0 Å². The number of rotatable bonds is 1. The van der Waals surface area contributed by atoms with Gasteiger partial charge in [0.05, 0.1) is 5.39 Å². The van der Waals surface area contributed by atoms with Crippen LogP contribution in [-0.4, -0.2) is 5.11 Å². The monoisotopic (exact) mass is 203 g/mol.